The molecule has 1 aromatic rings. The summed E-state index contributed by atoms with van der Waals surface area (Å²) in [5.74, 6) is 0.812. The molecule has 0 aromatic carbocycles. The van der Waals surface area contributed by atoms with E-state index in [0.29, 0.717) is 24.8 Å². The summed E-state index contributed by atoms with van der Waals surface area (Å²) in [6.07, 6.45) is 1.48. The van der Waals surface area contributed by atoms with E-state index in [1.54, 1.807) is 19.2 Å². The Morgan fingerprint density at radius 1 is 1.24 bits per heavy atom. The van der Waals surface area contributed by atoms with Crippen LogP contribution in [0.25, 0.3) is 0 Å². The van der Waals surface area contributed by atoms with Gasteiger partial charge in [-0.3, -0.25) is 14.7 Å². The smallest absolute Gasteiger partial charge is 0.287 e. The summed E-state index contributed by atoms with van der Waals surface area (Å²) in [4.78, 5) is 18.4. The van der Waals surface area contributed by atoms with Gasteiger partial charge in [-0.2, -0.15) is 0 Å². The van der Waals surface area contributed by atoms with E-state index in [0.717, 1.165) is 32.8 Å². The Labute approximate surface area is 149 Å². The maximum absolute atomic E-state index is 11.8. The zero-order valence-corrected chi connectivity index (χ0v) is 15.3. The molecule has 0 aliphatic carbocycles. The summed E-state index contributed by atoms with van der Waals surface area (Å²) >= 11 is 0. The summed E-state index contributed by atoms with van der Waals surface area (Å²) in [7, 11) is 1.73. The molecule has 140 valence electrons. The van der Waals surface area contributed by atoms with E-state index in [1.807, 2.05) is 0 Å². The van der Waals surface area contributed by atoms with Gasteiger partial charge in [0.1, 0.15) is 0 Å². The predicted molar refractivity (Wildman–Crippen MR) is 96.9 cm³/mol. The molecule has 1 aliphatic rings. The van der Waals surface area contributed by atoms with E-state index in [1.165, 1.54) is 6.26 Å². The largest absolute Gasteiger partial charge is 0.459 e. The van der Waals surface area contributed by atoms with Crippen molar-refractivity contribution in [3.8, 4) is 0 Å². The third kappa shape index (κ3) is 6.06. The molecular formula is C17H29N5O3. The number of rotatable bonds is 7. The monoisotopic (exact) mass is 351 g/mol. The molecule has 0 unspecified atom stereocenters. The van der Waals surface area contributed by atoms with Crippen molar-refractivity contribution >= 4 is 11.9 Å². The molecule has 8 nitrogen and oxygen atoms in total. The number of amides is 1. The topological polar surface area (TPSA) is 91.1 Å². The van der Waals surface area contributed by atoms with Gasteiger partial charge in [0.15, 0.2) is 11.7 Å². The summed E-state index contributed by atoms with van der Waals surface area (Å²) in [5.41, 5.74) is 0.00883. The third-order valence-corrected chi connectivity index (χ3v) is 4.23. The second-order valence-electron chi connectivity index (χ2n) is 6.50. The molecule has 2 heterocycles. The number of hydrogen-bond donors (Lipinski definition) is 3. The van der Waals surface area contributed by atoms with Crippen LogP contribution < -0.4 is 16.0 Å². The van der Waals surface area contributed by atoms with Crippen LogP contribution >= 0.6 is 0 Å². The Kier molecular flexibility index (Phi) is 7.27. The fourth-order valence-electron chi connectivity index (χ4n) is 2.65. The first-order valence-electron chi connectivity index (χ1n) is 8.62. The Hall–Kier alpha value is -2.06. The molecule has 1 saturated heterocycles. The number of furan rings is 1. The van der Waals surface area contributed by atoms with Gasteiger partial charge in [-0.25, -0.2) is 0 Å². The van der Waals surface area contributed by atoms with Crippen LogP contribution in [0.3, 0.4) is 0 Å². The minimum Gasteiger partial charge on any atom is -0.459 e. The average Bonchev–Trinajstić information content (AvgIpc) is 3.16. The lowest BCUT2D eigenvalue weighted by atomic mass is 10.0. The third-order valence-electron chi connectivity index (χ3n) is 4.23. The number of carbonyl (C=O) groups excluding carboxylic acids is 1. The maximum Gasteiger partial charge on any atom is 0.287 e. The fraction of sp³-hybridized carbons (Fsp3) is 0.647. The van der Waals surface area contributed by atoms with Gasteiger partial charge in [0.05, 0.1) is 19.5 Å². The highest BCUT2D eigenvalue weighted by molar-refractivity contribution is 5.91. The molecule has 0 saturated carbocycles. The zero-order chi connectivity index (χ0) is 18.1. The fourth-order valence-corrected chi connectivity index (χ4v) is 2.65. The van der Waals surface area contributed by atoms with Crippen molar-refractivity contribution in [2.24, 2.45) is 4.99 Å². The van der Waals surface area contributed by atoms with Gasteiger partial charge in [0.2, 0.25) is 0 Å². The highest BCUT2D eigenvalue weighted by atomic mass is 16.5. The van der Waals surface area contributed by atoms with Crippen molar-refractivity contribution in [1.29, 1.82) is 0 Å². The quantitative estimate of drug-likeness (QED) is 0.371. The molecular weight excluding hydrogens is 322 g/mol. The van der Waals surface area contributed by atoms with Gasteiger partial charge in [-0.1, -0.05) is 0 Å². The van der Waals surface area contributed by atoms with Crippen LogP contribution in [0.4, 0.5) is 0 Å². The molecule has 0 radical (unpaired) electrons. The maximum atomic E-state index is 11.8. The first-order valence-corrected chi connectivity index (χ1v) is 8.62. The van der Waals surface area contributed by atoms with Gasteiger partial charge in [0, 0.05) is 45.3 Å². The zero-order valence-electron chi connectivity index (χ0n) is 15.3. The Morgan fingerprint density at radius 3 is 2.60 bits per heavy atom. The minimum atomic E-state index is -0.219. The number of aliphatic imine (C=N–C) groups is 1. The summed E-state index contributed by atoms with van der Waals surface area (Å²) in [5, 5.41) is 9.33. The first kappa shape index (κ1) is 19.3. The Bertz CT molecular complexity index is 551. The summed E-state index contributed by atoms with van der Waals surface area (Å²) in [6.45, 7) is 9.70. The lowest BCUT2D eigenvalue weighted by Crippen LogP contribution is -2.56. The van der Waals surface area contributed by atoms with E-state index in [4.69, 9.17) is 9.15 Å². The van der Waals surface area contributed by atoms with E-state index < -0.39 is 0 Å². The molecule has 25 heavy (non-hydrogen) atoms. The number of carbonyl (C=O) groups is 1. The van der Waals surface area contributed by atoms with Gasteiger partial charge in [-0.15, -0.1) is 0 Å². The van der Waals surface area contributed by atoms with E-state index in [-0.39, 0.29) is 11.4 Å². The van der Waals surface area contributed by atoms with Crippen LogP contribution in [-0.4, -0.2) is 75.3 Å². The van der Waals surface area contributed by atoms with Crippen LogP contribution in [0, 0.1) is 0 Å². The van der Waals surface area contributed by atoms with Crippen molar-refractivity contribution < 1.29 is 13.9 Å². The van der Waals surface area contributed by atoms with Crippen molar-refractivity contribution in [3.63, 3.8) is 0 Å². The van der Waals surface area contributed by atoms with Crippen molar-refractivity contribution in [1.82, 2.24) is 20.9 Å². The summed E-state index contributed by atoms with van der Waals surface area (Å²) in [6, 6.07) is 3.33. The van der Waals surface area contributed by atoms with Crippen LogP contribution in [0.2, 0.25) is 0 Å². The predicted octanol–water partition coefficient (Wildman–Crippen LogP) is 0.285. The van der Waals surface area contributed by atoms with E-state index >= 15 is 0 Å². The molecule has 0 atom stereocenters. The lowest BCUT2D eigenvalue weighted by Gasteiger charge is -2.41. The van der Waals surface area contributed by atoms with Crippen molar-refractivity contribution in [2.75, 3.05) is 53.0 Å². The van der Waals surface area contributed by atoms with Crippen LogP contribution in [-0.2, 0) is 4.74 Å². The Balaban J connectivity index is 1.67. The second kappa shape index (κ2) is 9.43. The standard InChI is InChI=1S/C17H29N5O3/c1-17(2,22-8-11-24-12-9-22)13-21-16(18-3)20-7-6-19-15(23)14-5-4-10-25-14/h4-5,10H,6-9,11-13H2,1-3H3,(H,19,23)(H2,18,20,21). The van der Waals surface area contributed by atoms with Gasteiger partial charge in [-0.05, 0) is 26.0 Å². The highest BCUT2D eigenvalue weighted by Crippen LogP contribution is 2.14. The van der Waals surface area contributed by atoms with Crippen molar-refractivity contribution in [2.45, 2.75) is 19.4 Å². The van der Waals surface area contributed by atoms with E-state index in [2.05, 4.69) is 39.7 Å². The van der Waals surface area contributed by atoms with Gasteiger partial charge >= 0.3 is 0 Å². The number of morpholine rings is 1. The SMILES string of the molecule is CN=C(NCCNC(=O)c1ccco1)NCC(C)(C)N1CCOCC1. The van der Waals surface area contributed by atoms with E-state index in [9.17, 15) is 4.79 Å². The van der Waals surface area contributed by atoms with Gasteiger partial charge < -0.3 is 25.1 Å². The number of nitrogens with zero attached hydrogens (tertiary/aromatic N) is 2. The molecule has 1 aliphatic heterocycles. The number of ether oxygens (including phenoxy) is 1. The second-order valence-corrected chi connectivity index (χ2v) is 6.50. The highest BCUT2D eigenvalue weighted by Gasteiger charge is 2.28. The molecule has 3 N–H and O–H groups in total. The first-order chi connectivity index (χ1) is 12.0. The molecule has 1 amide bonds. The normalized spacial score (nSPS) is 16.5. The van der Waals surface area contributed by atoms with Crippen LogP contribution in [0.1, 0.15) is 24.4 Å². The molecule has 2 rings (SSSR count). The number of hydrogen-bond acceptors (Lipinski definition) is 5. The lowest BCUT2D eigenvalue weighted by molar-refractivity contribution is -0.00833. The molecule has 1 fully saturated rings. The molecule has 8 heteroatoms. The number of guanidine groups is 1. The number of nitrogens with one attached hydrogen (secondary N) is 3. The molecule has 0 spiro atoms. The summed E-state index contributed by atoms with van der Waals surface area (Å²) < 4.78 is 10.5. The molecule has 0 bridgehead atoms. The van der Waals surface area contributed by atoms with Crippen LogP contribution in [0.5, 0.6) is 0 Å². The minimum absolute atomic E-state index is 0.00883. The van der Waals surface area contributed by atoms with Crippen LogP contribution in [0.15, 0.2) is 27.8 Å². The van der Waals surface area contributed by atoms with Crippen molar-refractivity contribution in [3.05, 3.63) is 24.2 Å². The average molecular weight is 351 g/mol. The van der Waals surface area contributed by atoms with Gasteiger partial charge in [0.25, 0.3) is 5.91 Å². The Morgan fingerprint density at radius 2 is 1.96 bits per heavy atom. The molecule has 1 aromatic heterocycles.